The van der Waals surface area contributed by atoms with Gasteiger partial charge in [0.05, 0.1) is 5.25 Å². The first-order valence-corrected chi connectivity index (χ1v) is 8.40. The molecule has 0 amide bonds. The number of rotatable bonds is 2. The molecule has 20 heavy (non-hydrogen) atoms. The lowest BCUT2D eigenvalue weighted by Gasteiger charge is -2.13. The Labute approximate surface area is 131 Å². The third kappa shape index (κ3) is 2.07. The van der Waals surface area contributed by atoms with Gasteiger partial charge >= 0.3 is 0 Å². The summed E-state index contributed by atoms with van der Waals surface area (Å²) in [7, 11) is 0. The molecule has 2 heteroatoms. The van der Waals surface area contributed by atoms with Crippen LogP contribution in [0.3, 0.4) is 0 Å². The molecule has 2 aromatic rings. The molecular weight excluding hydrogens is 328 g/mol. The zero-order chi connectivity index (χ0) is 13.5. The number of hydrogen-bond donors (Lipinski definition) is 0. The molecular formula is C18H13BrS. The van der Waals surface area contributed by atoms with Crippen LogP contribution >= 0.6 is 27.7 Å². The lowest BCUT2D eigenvalue weighted by molar-refractivity contribution is 1.23. The summed E-state index contributed by atoms with van der Waals surface area (Å²) in [6.45, 7) is 0. The second-order valence-electron chi connectivity index (χ2n) is 5.12. The standard InChI is InChI=1S/C18H13BrS/c19-14-10-13-5-3-7-17(16(13)11-14)20-18-9-8-12-4-1-2-6-15(12)18/h1-9,11,18H,10H2. The normalized spacial score (nSPS) is 18.9. The average molecular weight is 341 g/mol. The van der Waals surface area contributed by atoms with Crippen LogP contribution in [0.2, 0.25) is 0 Å². The van der Waals surface area contributed by atoms with Crippen LogP contribution in [0, 0.1) is 0 Å². The topological polar surface area (TPSA) is 0 Å². The second-order valence-corrected chi connectivity index (χ2v) is 7.33. The number of allylic oxidation sites excluding steroid dienone is 1. The summed E-state index contributed by atoms with van der Waals surface area (Å²) in [4.78, 5) is 1.38. The Morgan fingerprint density at radius 3 is 2.90 bits per heavy atom. The van der Waals surface area contributed by atoms with Gasteiger partial charge in [0.25, 0.3) is 0 Å². The molecule has 0 bridgehead atoms. The SMILES string of the molecule is BrC1=Cc2c(cccc2SC2C=Cc3ccccc32)C1. The monoisotopic (exact) mass is 340 g/mol. The molecule has 0 radical (unpaired) electrons. The Balaban J connectivity index is 1.69. The first-order chi connectivity index (χ1) is 9.81. The summed E-state index contributed by atoms with van der Waals surface area (Å²) in [5.74, 6) is 0. The summed E-state index contributed by atoms with van der Waals surface area (Å²) in [5.41, 5.74) is 5.60. The lowest BCUT2D eigenvalue weighted by Crippen LogP contribution is -1.90. The summed E-state index contributed by atoms with van der Waals surface area (Å²) in [6.07, 6.45) is 7.84. The van der Waals surface area contributed by atoms with Gasteiger partial charge in [0.2, 0.25) is 0 Å². The van der Waals surface area contributed by atoms with Crippen molar-refractivity contribution in [3.05, 3.63) is 75.3 Å². The maximum absolute atomic E-state index is 3.63. The van der Waals surface area contributed by atoms with Gasteiger partial charge in [0.15, 0.2) is 0 Å². The van der Waals surface area contributed by atoms with E-state index >= 15 is 0 Å². The molecule has 0 saturated carbocycles. The van der Waals surface area contributed by atoms with Crippen molar-refractivity contribution in [2.24, 2.45) is 0 Å². The van der Waals surface area contributed by atoms with E-state index in [1.54, 1.807) is 0 Å². The van der Waals surface area contributed by atoms with Crippen molar-refractivity contribution >= 4 is 39.8 Å². The maximum Gasteiger partial charge on any atom is 0.0533 e. The van der Waals surface area contributed by atoms with E-state index in [4.69, 9.17) is 0 Å². The predicted octanol–water partition coefficient (Wildman–Crippen LogP) is 5.84. The molecule has 0 aliphatic heterocycles. The van der Waals surface area contributed by atoms with E-state index in [-0.39, 0.29) is 0 Å². The highest BCUT2D eigenvalue weighted by molar-refractivity contribution is 9.11. The minimum Gasteiger partial charge on any atom is -0.113 e. The van der Waals surface area contributed by atoms with Gasteiger partial charge < -0.3 is 0 Å². The van der Waals surface area contributed by atoms with Crippen molar-refractivity contribution in [1.82, 2.24) is 0 Å². The molecule has 4 rings (SSSR count). The Morgan fingerprint density at radius 2 is 1.95 bits per heavy atom. The van der Waals surface area contributed by atoms with Crippen LogP contribution < -0.4 is 0 Å². The van der Waals surface area contributed by atoms with Crippen molar-refractivity contribution in [2.45, 2.75) is 16.6 Å². The van der Waals surface area contributed by atoms with Gasteiger partial charge in [-0.1, -0.05) is 64.5 Å². The van der Waals surface area contributed by atoms with Crippen molar-refractivity contribution in [1.29, 1.82) is 0 Å². The highest BCUT2D eigenvalue weighted by Crippen LogP contribution is 2.45. The predicted molar refractivity (Wildman–Crippen MR) is 91.1 cm³/mol. The van der Waals surface area contributed by atoms with Gasteiger partial charge in [-0.15, -0.1) is 11.8 Å². The molecule has 2 aliphatic carbocycles. The van der Waals surface area contributed by atoms with Crippen LogP contribution in [0.4, 0.5) is 0 Å². The van der Waals surface area contributed by atoms with Crippen molar-refractivity contribution in [3.63, 3.8) is 0 Å². The Bertz CT molecular complexity index is 743. The van der Waals surface area contributed by atoms with Crippen LogP contribution in [-0.2, 0) is 6.42 Å². The van der Waals surface area contributed by atoms with E-state index < -0.39 is 0 Å². The maximum atomic E-state index is 3.63. The fourth-order valence-electron chi connectivity index (χ4n) is 2.86. The summed E-state index contributed by atoms with van der Waals surface area (Å²) in [6, 6.07) is 15.3. The van der Waals surface area contributed by atoms with Crippen LogP contribution in [0.25, 0.3) is 12.2 Å². The van der Waals surface area contributed by atoms with Crippen LogP contribution in [0.5, 0.6) is 0 Å². The number of halogens is 1. The fourth-order valence-corrected chi connectivity index (χ4v) is 4.63. The van der Waals surface area contributed by atoms with Gasteiger partial charge in [-0.3, -0.25) is 0 Å². The van der Waals surface area contributed by atoms with E-state index in [0.717, 1.165) is 6.42 Å². The summed E-state index contributed by atoms with van der Waals surface area (Å²) >= 11 is 5.58. The van der Waals surface area contributed by atoms with Gasteiger partial charge in [0.1, 0.15) is 0 Å². The third-order valence-electron chi connectivity index (χ3n) is 3.82. The van der Waals surface area contributed by atoms with Crippen LogP contribution in [-0.4, -0.2) is 0 Å². The number of benzene rings is 2. The first kappa shape index (κ1) is 12.5. The van der Waals surface area contributed by atoms with E-state index in [1.807, 2.05) is 11.8 Å². The van der Waals surface area contributed by atoms with Crippen molar-refractivity contribution in [3.8, 4) is 0 Å². The Hall–Kier alpha value is -1.25. The highest BCUT2D eigenvalue weighted by Gasteiger charge is 2.21. The minimum atomic E-state index is 0.436. The van der Waals surface area contributed by atoms with Gasteiger partial charge in [0, 0.05) is 15.8 Å². The van der Waals surface area contributed by atoms with Crippen LogP contribution in [0.1, 0.15) is 27.5 Å². The minimum absolute atomic E-state index is 0.436. The zero-order valence-corrected chi connectivity index (χ0v) is 13.2. The molecule has 2 aliphatic rings. The third-order valence-corrected chi connectivity index (χ3v) is 5.61. The highest BCUT2D eigenvalue weighted by atomic mass is 79.9. The molecule has 98 valence electrons. The zero-order valence-electron chi connectivity index (χ0n) is 10.8. The van der Waals surface area contributed by atoms with Gasteiger partial charge in [-0.05, 0) is 34.4 Å². The van der Waals surface area contributed by atoms with Crippen molar-refractivity contribution in [2.75, 3.05) is 0 Å². The largest absolute Gasteiger partial charge is 0.113 e. The van der Waals surface area contributed by atoms with Gasteiger partial charge in [-0.25, -0.2) is 0 Å². The summed E-state index contributed by atoms with van der Waals surface area (Å²) in [5, 5.41) is 0.436. The molecule has 1 atom stereocenters. The summed E-state index contributed by atoms with van der Waals surface area (Å²) < 4.78 is 1.28. The Morgan fingerprint density at radius 1 is 1.05 bits per heavy atom. The van der Waals surface area contributed by atoms with E-state index in [9.17, 15) is 0 Å². The van der Waals surface area contributed by atoms with E-state index in [0.29, 0.717) is 5.25 Å². The van der Waals surface area contributed by atoms with Gasteiger partial charge in [-0.2, -0.15) is 0 Å². The number of hydrogen-bond acceptors (Lipinski definition) is 1. The second kappa shape index (κ2) is 4.94. The molecule has 0 spiro atoms. The van der Waals surface area contributed by atoms with Crippen LogP contribution in [0.15, 0.2) is 57.9 Å². The molecule has 0 saturated heterocycles. The fraction of sp³-hybridized carbons (Fsp3) is 0.111. The Kier molecular flexibility index (Phi) is 3.08. The first-order valence-electron chi connectivity index (χ1n) is 6.73. The van der Waals surface area contributed by atoms with E-state index in [2.05, 4.69) is 76.6 Å². The smallest absolute Gasteiger partial charge is 0.0533 e. The quantitative estimate of drug-likeness (QED) is 0.661. The van der Waals surface area contributed by atoms with E-state index in [1.165, 1.54) is 31.6 Å². The molecule has 0 nitrogen and oxygen atoms in total. The number of thioether (sulfide) groups is 1. The molecule has 0 fully saturated rings. The molecule has 0 heterocycles. The number of fused-ring (bicyclic) bond motifs is 2. The molecule has 1 unspecified atom stereocenters. The molecule has 2 aromatic carbocycles. The lowest BCUT2D eigenvalue weighted by atomic mass is 10.1. The molecule has 0 aromatic heterocycles. The van der Waals surface area contributed by atoms with Crippen molar-refractivity contribution < 1.29 is 0 Å². The molecule has 0 N–H and O–H groups in total. The average Bonchev–Trinajstić information content (AvgIpc) is 3.03.